The molecule has 2 aromatic heterocycles. The van der Waals surface area contributed by atoms with E-state index in [0.717, 1.165) is 11.3 Å². The molecule has 1 aliphatic heterocycles. The number of thioether (sulfide) groups is 1. The first-order valence-electron chi connectivity index (χ1n) is 10.1. The maximum absolute atomic E-state index is 12.5. The highest BCUT2D eigenvalue weighted by molar-refractivity contribution is 7.99. The number of aromatic nitrogens is 3. The maximum atomic E-state index is 12.5. The summed E-state index contributed by atoms with van der Waals surface area (Å²) in [4.78, 5) is 12.5. The van der Waals surface area contributed by atoms with Crippen molar-refractivity contribution in [1.29, 1.82) is 0 Å². The lowest BCUT2D eigenvalue weighted by atomic mass is 10.2. The van der Waals surface area contributed by atoms with Crippen LogP contribution in [0, 0.1) is 0 Å². The monoisotopic (exact) mass is 448 g/mol. The molecular formula is C23H20N4O4S. The van der Waals surface area contributed by atoms with Gasteiger partial charge in [0.1, 0.15) is 5.76 Å². The lowest BCUT2D eigenvalue weighted by molar-refractivity contribution is -0.119. The molecule has 1 amide bonds. The number of nitrogens with zero attached hydrogens (tertiary/aromatic N) is 3. The molecule has 2 aromatic carbocycles. The van der Waals surface area contributed by atoms with Crippen molar-refractivity contribution < 1.29 is 18.7 Å². The minimum Gasteiger partial charge on any atom is -0.467 e. The van der Waals surface area contributed by atoms with Crippen molar-refractivity contribution in [1.82, 2.24) is 20.1 Å². The Balaban J connectivity index is 1.40. The first-order chi connectivity index (χ1) is 15.7. The van der Waals surface area contributed by atoms with Crippen molar-refractivity contribution >= 4 is 17.7 Å². The molecule has 0 bridgehead atoms. The Hall–Kier alpha value is -3.72. The van der Waals surface area contributed by atoms with Crippen molar-refractivity contribution in [3.8, 4) is 28.6 Å². The molecule has 0 saturated carbocycles. The molecule has 8 nitrogen and oxygen atoms in total. The van der Waals surface area contributed by atoms with Crippen molar-refractivity contribution in [2.45, 2.75) is 18.1 Å². The largest absolute Gasteiger partial charge is 0.467 e. The van der Waals surface area contributed by atoms with E-state index in [1.165, 1.54) is 11.8 Å². The topological polar surface area (TPSA) is 91.4 Å². The molecule has 32 heavy (non-hydrogen) atoms. The Morgan fingerprint density at radius 2 is 1.94 bits per heavy atom. The zero-order valence-corrected chi connectivity index (χ0v) is 18.0. The number of benzene rings is 2. The van der Waals surface area contributed by atoms with Gasteiger partial charge in [0.2, 0.25) is 12.7 Å². The fourth-order valence-corrected chi connectivity index (χ4v) is 4.18. The Bertz CT molecular complexity index is 1220. The summed E-state index contributed by atoms with van der Waals surface area (Å²) in [7, 11) is 0. The summed E-state index contributed by atoms with van der Waals surface area (Å²) in [5.41, 5.74) is 1.74. The molecule has 9 heteroatoms. The zero-order valence-electron chi connectivity index (χ0n) is 17.2. The summed E-state index contributed by atoms with van der Waals surface area (Å²) in [6.45, 7) is 2.09. The Morgan fingerprint density at radius 3 is 2.75 bits per heavy atom. The molecule has 162 valence electrons. The number of ether oxygens (including phenoxy) is 2. The van der Waals surface area contributed by atoms with E-state index in [4.69, 9.17) is 13.9 Å². The molecule has 0 saturated heterocycles. The second-order valence-electron chi connectivity index (χ2n) is 7.14. The number of fused-ring (bicyclic) bond motifs is 1. The lowest BCUT2D eigenvalue weighted by Gasteiger charge is -2.12. The number of carbonyl (C=O) groups excluding carboxylic acids is 1. The average Bonchev–Trinajstić information content (AvgIpc) is 3.58. The third-order valence-corrected chi connectivity index (χ3v) is 5.89. The van der Waals surface area contributed by atoms with E-state index >= 15 is 0 Å². The molecule has 0 aliphatic carbocycles. The summed E-state index contributed by atoms with van der Waals surface area (Å²) in [6.07, 6.45) is 1.59. The minimum absolute atomic E-state index is 0.119. The van der Waals surface area contributed by atoms with Crippen LogP contribution in [0.15, 0.2) is 76.5 Å². The van der Waals surface area contributed by atoms with E-state index in [1.54, 1.807) is 12.3 Å². The van der Waals surface area contributed by atoms with Gasteiger partial charge in [-0.25, -0.2) is 0 Å². The van der Waals surface area contributed by atoms with E-state index in [-0.39, 0.29) is 24.5 Å². The highest BCUT2D eigenvalue weighted by Crippen LogP contribution is 2.37. The van der Waals surface area contributed by atoms with E-state index in [2.05, 4.69) is 15.5 Å². The van der Waals surface area contributed by atoms with Gasteiger partial charge in [0.25, 0.3) is 0 Å². The van der Waals surface area contributed by atoms with Crippen molar-refractivity contribution in [2.75, 3.05) is 12.5 Å². The number of hydrogen-bond donors (Lipinski definition) is 1. The van der Waals surface area contributed by atoms with Gasteiger partial charge in [-0.05, 0) is 49.4 Å². The van der Waals surface area contributed by atoms with Crippen LogP contribution in [0.2, 0.25) is 0 Å². The predicted octanol–water partition coefficient (Wildman–Crippen LogP) is 4.23. The van der Waals surface area contributed by atoms with Crippen LogP contribution in [0.1, 0.15) is 18.7 Å². The van der Waals surface area contributed by atoms with Crippen LogP contribution >= 0.6 is 11.8 Å². The molecular weight excluding hydrogens is 428 g/mol. The van der Waals surface area contributed by atoms with Crippen LogP contribution in [0.25, 0.3) is 17.1 Å². The molecule has 4 aromatic rings. The first kappa shape index (κ1) is 20.2. The normalized spacial score (nSPS) is 13.2. The van der Waals surface area contributed by atoms with Crippen LogP contribution < -0.4 is 14.8 Å². The summed E-state index contributed by atoms with van der Waals surface area (Å²) in [5.74, 6) is 2.81. The maximum Gasteiger partial charge on any atom is 0.231 e. The standard InChI is InChI=1S/C23H20N4O4S/c1-15(18-8-5-11-29-18)24-21(28)13-32-23-26-25-22(27(23)17-6-3-2-4-7-17)16-9-10-19-20(12-16)31-14-30-19/h2-12,15H,13-14H2,1H3,(H,24,28)/t15-/m1/s1. The summed E-state index contributed by atoms with van der Waals surface area (Å²) >= 11 is 1.32. The van der Waals surface area contributed by atoms with Gasteiger partial charge in [-0.1, -0.05) is 30.0 Å². The smallest absolute Gasteiger partial charge is 0.231 e. The molecule has 1 aliphatic rings. The number of para-hydroxylation sites is 1. The summed E-state index contributed by atoms with van der Waals surface area (Å²) in [6, 6.07) is 18.9. The van der Waals surface area contributed by atoms with Crippen molar-refractivity contribution in [3.05, 3.63) is 72.7 Å². The van der Waals surface area contributed by atoms with E-state index in [0.29, 0.717) is 28.2 Å². The molecule has 1 atom stereocenters. The third kappa shape index (κ3) is 4.06. The summed E-state index contributed by atoms with van der Waals surface area (Å²) in [5, 5.41) is 12.3. The van der Waals surface area contributed by atoms with Crippen LogP contribution in [0.4, 0.5) is 0 Å². The number of amides is 1. The Labute approximate surface area is 188 Å². The number of nitrogens with one attached hydrogen (secondary N) is 1. The predicted molar refractivity (Wildman–Crippen MR) is 119 cm³/mol. The molecule has 1 N–H and O–H groups in total. The second-order valence-corrected chi connectivity index (χ2v) is 8.08. The fourth-order valence-electron chi connectivity index (χ4n) is 3.42. The number of furan rings is 1. The molecule has 0 unspecified atom stereocenters. The van der Waals surface area contributed by atoms with Gasteiger partial charge >= 0.3 is 0 Å². The molecule has 0 fully saturated rings. The van der Waals surface area contributed by atoms with Crippen LogP contribution in [-0.2, 0) is 4.79 Å². The van der Waals surface area contributed by atoms with Gasteiger partial charge in [0.15, 0.2) is 22.5 Å². The van der Waals surface area contributed by atoms with E-state index < -0.39 is 0 Å². The number of carbonyl (C=O) groups is 1. The minimum atomic E-state index is -0.214. The molecule has 5 rings (SSSR count). The second kappa shape index (κ2) is 8.80. The van der Waals surface area contributed by atoms with Crippen LogP contribution in [-0.4, -0.2) is 33.2 Å². The molecule has 3 heterocycles. The van der Waals surface area contributed by atoms with Crippen LogP contribution in [0.3, 0.4) is 0 Å². The van der Waals surface area contributed by atoms with Crippen molar-refractivity contribution in [3.63, 3.8) is 0 Å². The van der Waals surface area contributed by atoms with Gasteiger partial charge in [0.05, 0.1) is 18.1 Å². The molecule has 0 spiro atoms. The summed E-state index contributed by atoms with van der Waals surface area (Å²) < 4.78 is 18.2. The van der Waals surface area contributed by atoms with Gasteiger partial charge in [0, 0.05) is 11.3 Å². The lowest BCUT2D eigenvalue weighted by Crippen LogP contribution is -2.28. The zero-order chi connectivity index (χ0) is 21.9. The number of rotatable bonds is 7. The fraction of sp³-hybridized carbons (Fsp3) is 0.174. The van der Waals surface area contributed by atoms with Gasteiger partial charge in [-0.15, -0.1) is 10.2 Å². The Kier molecular flexibility index (Phi) is 5.55. The first-order valence-corrected chi connectivity index (χ1v) is 11.0. The van der Waals surface area contributed by atoms with Gasteiger partial charge in [-0.3, -0.25) is 9.36 Å². The molecule has 0 radical (unpaired) electrons. The SMILES string of the molecule is C[C@@H](NC(=O)CSc1nnc(-c2ccc3c(c2)OCO3)n1-c1ccccc1)c1ccco1. The van der Waals surface area contributed by atoms with Gasteiger partial charge in [-0.2, -0.15) is 0 Å². The van der Waals surface area contributed by atoms with Gasteiger partial charge < -0.3 is 19.2 Å². The number of hydrogen-bond acceptors (Lipinski definition) is 7. The highest BCUT2D eigenvalue weighted by Gasteiger charge is 2.21. The quantitative estimate of drug-likeness (QED) is 0.423. The highest BCUT2D eigenvalue weighted by atomic mass is 32.2. The third-order valence-electron chi connectivity index (χ3n) is 4.96. The van der Waals surface area contributed by atoms with Crippen LogP contribution in [0.5, 0.6) is 11.5 Å². The Morgan fingerprint density at radius 1 is 1.09 bits per heavy atom. The van der Waals surface area contributed by atoms with E-state index in [9.17, 15) is 4.79 Å². The van der Waals surface area contributed by atoms with Crippen molar-refractivity contribution in [2.24, 2.45) is 0 Å². The average molecular weight is 449 g/mol. The van der Waals surface area contributed by atoms with E-state index in [1.807, 2.05) is 66.1 Å².